The van der Waals surface area contributed by atoms with Crippen molar-refractivity contribution in [2.24, 2.45) is 5.73 Å². The number of aromatic nitrogens is 1. The van der Waals surface area contributed by atoms with Crippen molar-refractivity contribution in [2.45, 2.75) is 26.3 Å². The van der Waals surface area contributed by atoms with Crippen molar-refractivity contribution in [3.05, 3.63) is 23.5 Å². The maximum absolute atomic E-state index is 11.3. The summed E-state index contributed by atoms with van der Waals surface area (Å²) in [5.74, 6) is -0.435. The monoisotopic (exact) mass is 224 g/mol. The summed E-state index contributed by atoms with van der Waals surface area (Å²) in [7, 11) is 0. The summed E-state index contributed by atoms with van der Waals surface area (Å²) in [5, 5.41) is 9.53. The van der Waals surface area contributed by atoms with Crippen LogP contribution in [0.5, 0.6) is 5.75 Å². The molecule has 0 amide bonds. The molecular formula is C11H16N2O3. The highest BCUT2D eigenvalue weighted by molar-refractivity contribution is 5.75. The topological polar surface area (TPSA) is 85.4 Å². The Balaban J connectivity index is 2.72. The van der Waals surface area contributed by atoms with Gasteiger partial charge in [-0.1, -0.05) is 0 Å². The number of carbonyl (C=O) groups excluding carboxylic acids is 1. The van der Waals surface area contributed by atoms with Crippen LogP contribution in [0.2, 0.25) is 0 Å². The van der Waals surface area contributed by atoms with Gasteiger partial charge in [-0.2, -0.15) is 0 Å². The summed E-state index contributed by atoms with van der Waals surface area (Å²) >= 11 is 0. The Hall–Kier alpha value is -1.62. The Morgan fingerprint density at radius 3 is 2.94 bits per heavy atom. The van der Waals surface area contributed by atoms with Crippen molar-refractivity contribution in [1.29, 1.82) is 0 Å². The van der Waals surface area contributed by atoms with Crippen LogP contribution in [0.4, 0.5) is 0 Å². The van der Waals surface area contributed by atoms with E-state index < -0.39 is 12.0 Å². The van der Waals surface area contributed by atoms with Crippen LogP contribution in [0, 0.1) is 6.92 Å². The van der Waals surface area contributed by atoms with E-state index in [4.69, 9.17) is 10.5 Å². The fourth-order valence-corrected chi connectivity index (χ4v) is 1.29. The predicted octanol–water partition coefficient (Wildman–Crippen LogP) is 0.529. The first-order valence-corrected chi connectivity index (χ1v) is 5.12. The molecular weight excluding hydrogens is 208 g/mol. The largest absolute Gasteiger partial charge is 0.506 e. The quantitative estimate of drug-likeness (QED) is 0.728. The van der Waals surface area contributed by atoms with Gasteiger partial charge < -0.3 is 15.6 Å². The smallest absolute Gasteiger partial charge is 0.323 e. The fourth-order valence-electron chi connectivity index (χ4n) is 1.29. The first kappa shape index (κ1) is 12.4. The number of pyridine rings is 1. The summed E-state index contributed by atoms with van der Waals surface area (Å²) < 4.78 is 4.77. The minimum Gasteiger partial charge on any atom is -0.506 e. The van der Waals surface area contributed by atoms with Crippen molar-refractivity contribution in [2.75, 3.05) is 6.61 Å². The standard InChI is InChI=1S/C11H16N2O3/c1-3-16-11(15)8(12)6-9-10(14)5-4-7(2)13-9/h4-5,8,14H,3,6,12H2,1-2H3. The van der Waals surface area contributed by atoms with Crippen molar-refractivity contribution in [3.8, 4) is 5.75 Å². The Kier molecular flexibility index (Phi) is 4.25. The number of ether oxygens (including phenoxy) is 1. The Morgan fingerprint density at radius 2 is 2.31 bits per heavy atom. The Morgan fingerprint density at radius 1 is 1.62 bits per heavy atom. The molecule has 0 saturated heterocycles. The van der Waals surface area contributed by atoms with Gasteiger partial charge >= 0.3 is 5.97 Å². The zero-order chi connectivity index (χ0) is 12.1. The number of aryl methyl sites for hydroxylation is 1. The van der Waals surface area contributed by atoms with E-state index in [9.17, 15) is 9.90 Å². The lowest BCUT2D eigenvalue weighted by molar-refractivity contribution is -0.144. The van der Waals surface area contributed by atoms with E-state index in [1.165, 1.54) is 6.07 Å². The zero-order valence-corrected chi connectivity index (χ0v) is 9.43. The number of nitrogens with zero attached hydrogens (tertiary/aromatic N) is 1. The predicted molar refractivity (Wildman–Crippen MR) is 59.0 cm³/mol. The molecule has 1 aromatic heterocycles. The van der Waals surface area contributed by atoms with Gasteiger partial charge in [0.15, 0.2) is 0 Å². The number of nitrogens with two attached hydrogens (primary N) is 1. The van der Waals surface area contributed by atoms with Crippen LogP contribution in [0.15, 0.2) is 12.1 Å². The third-order valence-corrected chi connectivity index (χ3v) is 2.09. The molecule has 3 N–H and O–H groups in total. The van der Waals surface area contributed by atoms with Crippen molar-refractivity contribution in [1.82, 2.24) is 4.98 Å². The van der Waals surface area contributed by atoms with E-state index in [-0.39, 0.29) is 12.2 Å². The van der Waals surface area contributed by atoms with Gasteiger partial charge in [0.05, 0.1) is 12.3 Å². The van der Waals surface area contributed by atoms with Gasteiger partial charge in [0.25, 0.3) is 0 Å². The minimum atomic E-state index is -0.792. The van der Waals surface area contributed by atoms with Crippen molar-refractivity contribution in [3.63, 3.8) is 0 Å². The molecule has 0 aliphatic carbocycles. The number of hydrogen-bond acceptors (Lipinski definition) is 5. The summed E-state index contributed by atoms with van der Waals surface area (Å²) in [4.78, 5) is 15.4. The second-order valence-corrected chi connectivity index (χ2v) is 3.48. The highest BCUT2D eigenvalue weighted by Crippen LogP contribution is 2.16. The number of rotatable bonds is 4. The summed E-state index contributed by atoms with van der Waals surface area (Å²) in [6.45, 7) is 3.81. The Labute approximate surface area is 94.2 Å². The van der Waals surface area contributed by atoms with Crippen molar-refractivity contribution < 1.29 is 14.6 Å². The fraction of sp³-hybridized carbons (Fsp3) is 0.455. The van der Waals surface area contributed by atoms with E-state index in [0.717, 1.165) is 5.69 Å². The average Bonchev–Trinajstić information content (AvgIpc) is 2.23. The first-order valence-electron chi connectivity index (χ1n) is 5.12. The van der Waals surface area contributed by atoms with Gasteiger partial charge in [-0.05, 0) is 26.0 Å². The van der Waals surface area contributed by atoms with E-state index in [2.05, 4.69) is 4.98 Å². The molecule has 0 aliphatic heterocycles. The zero-order valence-electron chi connectivity index (χ0n) is 9.43. The van der Waals surface area contributed by atoms with E-state index in [1.54, 1.807) is 19.9 Å². The van der Waals surface area contributed by atoms with Crippen LogP contribution in [-0.2, 0) is 16.0 Å². The van der Waals surface area contributed by atoms with Crippen LogP contribution >= 0.6 is 0 Å². The molecule has 0 spiro atoms. The molecule has 88 valence electrons. The molecule has 1 aromatic rings. The van der Waals surface area contributed by atoms with E-state index >= 15 is 0 Å². The average molecular weight is 224 g/mol. The molecule has 1 heterocycles. The van der Waals surface area contributed by atoms with Crippen LogP contribution in [0.1, 0.15) is 18.3 Å². The second-order valence-electron chi connectivity index (χ2n) is 3.48. The van der Waals surface area contributed by atoms with E-state index in [0.29, 0.717) is 12.3 Å². The minimum absolute atomic E-state index is 0.0466. The van der Waals surface area contributed by atoms with Crippen LogP contribution in [0.3, 0.4) is 0 Å². The van der Waals surface area contributed by atoms with Crippen molar-refractivity contribution >= 4 is 5.97 Å². The molecule has 5 heteroatoms. The molecule has 0 aliphatic rings. The maximum atomic E-state index is 11.3. The molecule has 0 saturated carbocycles. The lowest BCUT2D eigenvalue weighted by Gasteiger charge is -2.11. The van der Waals surface area contributed by atoms with Gasteiger partial charge in [0.2, 0.25) is 0 Å². The van der Waals surface area contributed by atoms with E-state index in [1.807, 2.05) is 0 Å². The van der Waals surface area contributed by atoms with Gasteiger partial charge in [-0.15, -0.1) is 0 Å². The highest BCUT2D eigenvalue weighted by atomic mass is 16.5. The highest BCUT2D eigenvalue weighted by Gasteiger charge is 2.17. The number of esters is 1. The van der Waals surface area contributed by atoms with Gasteiger partial charge in [-0.25, -0.2) is 0 Å². The molecule has 5 nitrogen and oxygen atoms in total. The lowest BCUT2D eigenvalue weighted by Crippen LogP contribution is -2.34. The van der Waals surface area contributed by atoms with Gasteiger partial charge in [0, 0.05) is 12.1 Å². The number of aromatic hydroxyl groups is 1. The molecule has 1 unspecified atom stereocenters. The third kappa shape index (κ3) is 3.20. The van der Waals surface area contributed by atoms with Gasteiger partial charge in [0.1, 0.15) is 11.8 Å². The van der Waals surface area contributed by atoms with Crippen LogP contribution in [0.25, 0.3) is 0 Å². The molecule has 0 bridgehead atoms. The van der Waals surface area contributed by atoms with Crippen LogP contribution < -0.4 is 5.73 Å². The van der Waals surface area contributed by atoms with Crippen LogP contribution in [-0.4, -0.2) is 28.7 Å². The number of carbonyl (C=O) groups is 1. The SMILES string of the molecule is CCOC(=O)C(N)Cc1nc(C)ccc1O. The third-order valence-electron chi connectivity index (χ3n) is 2.09. The summed E-state index contributed by atoms with van der Waals surface area (Å²) in [6.07, 6.45) is 0.173. The molecule has 16 heavy (non-hydrogen) atoms. The molecule has 0 aromatic carbocycles. The summed E-state index contributed by atoms with van der Waals surface area (Å²) in [6, 6.07) is 2.43. The molecule has 0 radical (unpaired) electrons. The first-order chi connectivity index (χ1) is 7.54. The summed E-state index contributed by atoms with van der Waals surface area (Å²) in [5.41, 5.74) is 6.81. The lowest BCUT2D eigenvalue weighted by atomic mass is 10.1. The maximum Gasteiger partial charge on any atom is 0.323 e. The Bertz CT molecular complexity index is 379. The number of hydrogen-bond donors (Lipinski definition) is 2. The normalized spacial score (nSPS) is 12.2. The second kappa shape index (κ2) is 5.46. The molecule has 1 atom stereocenters. The molecule has 1 rings (SSSR count). The molecule has 0 fully saturated rings. The van der Waals surface area contributed by atoms with Gasteiger partial charge in [-0.3, -0.25) is 9.78 Å².